The van der Waals surface area contributed by atoms with Crippen LogP contribution < -0.4 is 4.90 Å². The van der Waals surface area contributed by atoms with Crippen LogP contribution in [0.15, 0.2) is 18.2 Å². The minimum absolute atomic E-state index is 0.0576. The molecule has 1 saturated heterocycles. The Hall–Kier alpha value is -1.20. The molecule has 0 aliphatic carbocycles. The second kappa shape index (κ2) is 6.50. The average Bonchev–Trinajstić information content (AvgIpc) is 3.21. The smallest absolute Gasteiger partial charge is 0.256 e. The van der Waals surface area contributed by atoms with E-state index in [1.54, 1.807) is 0 Å². The predicted molar refractivity (Wildman–Crippen MR) is 88.8 cm³/mol. The lowest BCUT2D eigenvalue weighted by Gasteiger charge is -2.21. The van der Waals surface area contributed by atoms with Crippen LogP contribution in [-0.2, 0) is 16.0 Å². The molecule has 1 fully saturated rings. The molecule has 2 aliphatic heterocycles. The van der Waals surface area contributed by atoms with E-state index in [1.807, 2.05) is 30.0 Å². The summed E-state index contributed by atoms with van der Waals surface area (Å²) < 4.78 is 5.50. The number of carbonyl (C=O) groups is 2. The highest BCUT2D eigenvalue weighted by Gasteiger charge is 2.33. The number of ether oxygens (including phenoxy) is 1. The van der Waals surface area contributed by atoms with E-state index in [-0.39, 0.29) is 22.6 Å². The second-order valence-electron chi connectivity index (χ2n) is 5.83. The molecule has 3 rings (SSSR count). The van der Waals surface area contributed by atoms with E-state index in [2.05, 4.69) is 15.9 Å². The van der Waals surface area contributed by atoms with Crippen LogP contribution in [-0.4, -0.2) is 35.8 Å². The van der Waals surface area contributed by atoms with Crippen molar-refractivity contribution < 1.29 is 14.3 Å². The van der Waals surface area contributed by atoms with E-state index < -0.39 is 0 Å². The van der Waals surface area contributed by atoms with Gasteiger partial charge in [-0.2, -0.15) is 0 Å². The van der Waals surface area contributed by atoms with Crippen molar-refractivity contribution in [2.75, 3.05) is 18.1 Å². The summed E-state index contributed by atoms with van der Waals surface area (Å²) in [5, 5.41) is 0. The zero-order chi connectivity index (χ0) is 15.7. The number of hydrogen-bond donors (Lipinski definition) is 0. The SMILES string of the molecule is CCC(Br)C(=O)c1ccc2c(c1)CCN2C(=O)C1CCCO1. The van der Waals surface area contributed by atoms with Gasteiger partial charge in [0.25, 0.3) is 5.91 Å². The third-order valence-corrected chi connectivity index (χ3v) is 5.44. The molecule has 5 heteroatoms. The van der Waals surface area contributed by atoms with E-state index in [9.17, 15) is 9.59 Å². The molecular weight excluding hydrogens is 346 g/mol. The lowest BCUT2D eigenvalue weighted by atomic mass is 10.0. The molecule has 0 spiro atoms. The molecule has 2 aliphatic rings. The number of carbonyl (C=O) groups excluding carboxylic acids is 2. The maximum absolute atomic E-state index is 12.5. The first-order chi connectivity index (χ1) is 10.6. The van der Waals surface area contributed by atoms with Gasteiger partial charge in [-0.1, -0.05) is 22.9 Å². The fourth-order valence-electron chi connectivity index (χ4n) is 3.10. The Balaban J connectivity index is 1.80. The summed E-state index contributed by atoms with van der Waals surface area (Å²) in [6, 6.07) is 5.66. The third kappa shape index (κ3) is 2.84. The predicted octanol–water partition coefficient (Wildman–Crippen LogP) is 3.11. The van der Waals surface area contributed by atoms with Crippen molar-refractivity contribution in [2.24, 2.45) is 0 Å². The van der Waals surface area contributed by atoms with Crippen LogP contribution >= 0.6 is 15.9 Å². The Morgan fingerprint density at radius 1 is 1.45 bits per heavy atom. The van der Waals surface area contributed by atoms with Gasteiger partial charge < -0.3 is 9.64 Å². The molecular formula is C17H20BrNO3. The molecule has 1 aromatic rings. The summed E-state index contributed by atoms with van der Waals surface area (Å²) in [4.78, 5) is 26.4. The van der Waals surface area contributed by atoms with Gasteiger partial charge in [0.15, 0.2) is 5.78 Å². The topological polar surface area (TPSA) is 46.6 Å². The molecule has 1 aromatic carbocycles. The van der Waals surface area contributed by atoms with Gasteiger partial charge in [0, 0.05) is 24.4 Å². The fraction of sp³-hybridized carbons (Fsp3) is 0.529. The number of fused-ring (bicyclic) bond motifs is 1. The van der Waals surface area contributed by atoms with Crippen LogP contribution in [0.25, 0.3) is 0 Å². The monoisotopic (exact) mass is 365 g/mol. The van der Waals surface area contributed by atoms with Crippen molar-refractivity contribution in [1.82, 2.24) is 0 Å². The summed E-state index contributed by atoms with van der Waals surface area (Å²) in [6.07, 6.45) is 3.03. The summed E-state index contributed by atoms with van der Waals surface area (Å²) in [6.45, 7) is 3.33. The summed E-state index contributed by atoms with van der Waals surface area (Å²) in [5.41, 5.74) is 2.72. The fourth-order valence-corrected chi connectivity index (χ4v) is 3.36. The largest absolute Gasteiger partial charge is 0.368 e. The molecule has 0 N–H and O–H groups in total. The minimum atomic E-state index is -0.292. The maximum Gasteiger partial charge on any atom is 0.256 e. The third-order valence-electron chi connectivity index (χ3n) is 4.37. The Bertz CT molecular complexity index is 596. The van der Waals surface area contributed by atoms with Gasteiger partial charge in [-0.3, -0.25) is 9.59 Å². The van der Waals surface area contributed by atoms with Crippen LogP contribution in [0.4, 0.5) is 5.69 Å². The Kier molecular flexibility index (Phi) is 4.64. The van der Waals surface area contributed by atoms with Gasteiger partial charge in [-0.25, -0.2) is 0 Å². The Morgan fingerprint density at radius 2 is 2.27 bits per heavy atom. The zero-order valence-corrected chi connectivity index (χ0v) is 14.3. The van der Waals surface area contributed by atoms with Crippen molar-refractivity contribution in [1.29, 1.82) is 0 Å². The van der Waals surface area contributed by atoms with Gasteiger partial charge in [0.2, 0.25) is 0 Å². The molecule has 22 heavy (non-hydrogen) atoms. The van der Waals surface area contributed by atoms with Crippen LogP contribution in [0.5, 0.6) is 0 Å². The van der Waals surface area contributed by atoms with Crippen LogP contribution in [0.2, 0.25) is 0 Å². The number of benzene rings is 1. The zero-order valence-electron chi connectivity index (χ0n) is 12.7. The lowest BCUT2D eigenvalue weighted by Crippen LogP contribution is -2.37. The normalized spacial score (nSPS) is 21.7. The molecule has 4 nitrogen and oxygen atoms in total. The Morgan fingerprint density at radius 3 is 2.95 bits per heavy atom. The first kappa shape index (κ1) is 15.7. The number of amides is 1. The first-order valence-electron chi connectivity index (χ1n) is 7.86. The highest BCUT2D eigenvalue weighted by atomic mass is 79.9. The molecule has 0 radical (unpaired) electrons. The number of halogens is 1. The molecule has 118 valence electrons. The van der Waals surface area contributed by atoms with Crippen molar-refractivity contribution in [2.45, 2.75) is 43.5 Å². The van der Waals surface area contributed by atoms with Crippen molar-refractivity contribution in [3.05, 3.63) is 29.3 Å². The number of Topliss-reactive ketones (excluding diaryl/α,β-unsaturated/α-hetero) is 1. The van der Waals surface area contributed by atoms with Crippen molar-refractivity contribution in [3.8, 4) is 0 Å². The molecule has 2 atom stereocenters. The van der Waals surface area contributed by atoms with Crippen LogP contribution in [0.3, 0.4) is 0 Å². The molecule has 0 saturated carbocycles. The van der Waals surface area contributed by atoms with Crippen molar-refractivity contribution in [3.63, 3.8) is 0 Å². The van der Waals surface area contributed by atoms with Crippen molar-refractivity contribution >= 4 is 33.3 Å². The highest BCUT2D eigenvalue weighted by Crippen LogP contribution is 2.31. The minimum Gasteiger partial charge on any atom is -0.368 e. The number of nitrogens with zero attached hydrogens (tertiary/aromatic N) is 1. The van der Waals surface area contributed by atoms with Gasteiger partial charge >= 0.3 is 0 Å². The number of alkyl halides is 1. The van der Waals surface area contributed by atoms with Crippen LogP contribution in [0.1, 0.15) is 42.1 Å². The average molecular weight is 366 g/mol. The molecule has 0 aromatic heterocycles. The summed E-state index contributed by atoms with van der Waals surface area (Å²) in [5.74, 6) is 0.163. The van der Waals surface area contributed by atoms with E-state index in [1.165, 1.54) is 0 Å². The number of rotatable bonds is 4. The van der Waals surface area contributed by atoms with Gasteiger partial charge in [-0.15, -0.1) is 0 Å². The first-order valence-corrected chi connectivity index (χ1v) is 8.77. The summed E-state index contributed by atoms with van der Waals surface area (Å²) >= 11 is 3.41. The molecule has 2 heterocycles. The van der Waals surface area contributed by atoms with Gasteiger partial charge in [-0.05, 0) is 49.4 Å². The number of anilines is 1. The second-order valence-corrected chi connectivity index (χ2v) is 6.93. The molecule has 1 amide bonds. The number of ketones is 1. The highest BCUT2D eigenvalue weighted by molar-refractivity contribution is 9.10. The van der Waals surface area contributed by atoms with Gasteiger partial charge in [0.1, 0.15) is 6.10 Å². The molecule has 2 unspecified atom stereocenters. The molecule has 0 bridgehead atoms. The van der Waals surface area contributed by atoms with E-state index in [0.29, 0.717) is 18.7 Å². The quantitative estimate of drug-likeness (QED) is 0.608. The summed E-state index contributed by atoms with van der Waals surface area (Å²) in [7, 11) is 0. The van der Waals surface area contributed by atoms with E-state index in [4.69, 9.17) is 4.74 Å². The van der Waals surface area contributed by atoms with Crippen LogP contribution in [0, 0.1) is 0 Å². The standard InChI is InChI=1S/C17H20BrNO3/c1-2-13(18)16(20)12-5-6-14-11(10-12)7-8-19(14)17(21)15-4-3-9-22-15/h5-6,10,13,15H,2-4,7-9H2,1H3. The number of hydrogen-bond acceptors (Lipinski definition) is 3. The lowest BCUT2D eigenvalue weighted by molar-refractivity contribution is -0.127. The van der Waals surface area contributed by atoms with E-state index in [0.717, 1.165) is 36.9 Å². The maximum atomic E-state index is 12.5. The van der Waals surface area contributed by atoms with Gasteiger partial charge in [0.05, 0.1) is 4.83 Å². The Labute approximate surface area is 138 Å². The van der Waals surface area contributed by atoms with E-state index >= 15 is 0 Å².